The lowest BCUT2D eigenvalue weighted by Gasteiger charge is -2.43. The quantitative estimate of drug-likeness (QED) is 0.928. The maximum absolute atomic E-state index is 12.4. The molecule has 1 N–H and O–H groups in total. The molecule has 22 heavy (non-hydrogen) atoms. The molecule has 0 aliphatic carbocycles. The number of nitrogens with zero attached hydrogens (tertiary/aromatic N) is 2. The van der Waals surface area contributed by atoms with Crippen LogP contribution in [0.4, 0.5) is 13.6 Å². The van der Waals surface area contributed by atoms with E-state index in [0.717, 1.165) is 0 Å². The van der Waals surface area contributed by atoms with Gasteiger partial charge in [-0.05, 0) is 19.9 Å². The van der Waals surface area contributed by atoms with Gasteiger partial charge in [0.25, 0.3) is 0 Å². The van der Waals surface area contributed by atoms with E-state index in [4.69, 9.17) is 0 Å². The highest BCUT2D eigenvalue weighted by atomic mass is 19.3. The molecule has 1 aliphatic heterocycles. The first-order valence-electron chi connectivity index (χ1n) is 7.14. The van der Waals surface area contributed by atoms with Crippen molar-refractivity contribution in [2.75, 3.05) is 13.1 Å². The Morgan fingerprint density at radius 2 is 1.91 bits per heavy atom. The molecule has 1 fully saturated rings. The van der Waals surface area contributed by atoms with Gasteiger partial charge in [-0.2, -0.15) is 8.78 Å². The molecule has 1 amide bonds. The van der Waals surface area contributed by atoms with Crippen molar-refractivity contribution in [3.63, 3.8) is 0 Å². The van der Waals surface area contributed by atoms with Crippen molar-refractivity contribution < 1.29 is 23.4 Å². The van der Waals surface area contributed by atoms with Gasteiger partial charge in [-0.15, -0.1) is 0 Å². The smallest absolute Gasteiger partial charge is 0.407 e. The highest BCUT2D eigenvalue weighted by molar-refractivity contribution is 5.66. The summed E-state index contributed by atoms with van der Waals surface area (Å²) in [5.74, 6) is 0.165. The van der Waals surface area contributed by atoms with Gasteiger partial charge in [0.05, 0.1) is 0 Å². The van der Waals surface area contributed by atoms with Crippen LogP contribution in [0.5, 0.6) is 5.75 Å². The van der Waals surface area contributed by atoms with E-state index in [1.54, 1.807) is 18.2 Å². The second kappa shape index (κ2) is 6.91. The van der Waals surface area contributed by atoms with Crippen LogP contribution in [0.1, 0.15) is 19.4 Å². The number of para-hydroxylation sites is 1. The van der Waals surface area contributed by atoms with Gasteiger partial charge in [0.1, 0.15) is 5.75 Å². The second-order valence-electron chi connectivity index (χ2n) is 5.57. The zero-order valence-corrected chi connectivity index (χ0v) is 12.6. The van der Waals surface area contributed by atoms with E-state index in [0.29, 0.717) is 25.2 Å². The molecule has 0 aromatic heterocycles. The predicted molar refractivity (Wildman–Crippen MR) is 77.1 cm³/mol. The Kier molecular flexibility index (Phi) is 5.18. The molecule has 1 heterocycles. The first-order chi connectivity index (χ1) is 10.4. The molecule has 0 radical (unpaired) electrons. The summed E-state index contributed by atoms with van der Waals surface area (Å²) in [5.41, 5.74) is 0.672. The van der Waals surface area contributed by atoms with Gasteiger partial charge in [0.15, 0.2) is 0 Å². The van der Waals surface area contributed by atoms with Crippen LogP contribution >= 0.6 is 0 Å². The van der Waals surface area contributed by atoms with Gasteiger partial charge < -0.3 is 14.7 Å². The van der Waals surface area contributed by atoms with Gasteiger partial charge in [0, 0.05) is 37.3 Å². The number of ether oxygens (including phenoxy) is 1. The summed E-state index contributed by atoms with van der Waals surface area (Å²) in [6.45, 7) is 2.39. The number of rotatable bonds is 4. The SMILES string of the molecule is CC1CN(Cc2ccccc2OC(F)F)CC(C)N1C(=O)O. The number of carbonyl (C=O) groups is 1. The lowest BCUT2D eigenvalue weighted by Crippen LogP contribution is -2.57. The predicted octanol–water partition coefficient (Wildman–Crippen LogP) is 2.86. The van der Waals surface area contributed by atoms with E-state index in [1.807, 2.05) is 13.8 Å². The first kappa shape index (κ1) is 16.5. The van der Waals surface area contributed by atoms with Crippen LogP contribution in [0.15, 0.2) is 24.3 Å². The third-order valence-corrected chi connectivity index (χ3v) is 3.80. The number of benzene rings is 1. The molecular formula is C15H20F2N2O3. The minimum Gasteiger partial charge on any atom is -0.465 e. The molecule has 0 spiro atoms. The lowest BCUT2D eigenvalue weighted by atomic mass is 10.1. The molecule has 1 aliphatic rings. The van der Waals surface area contributed by atoms with Gasteiger partial charge in [-0.25, -0.2) is 4.79 Å². The maximum Gasteiger partial charge on any atom is 0.407 e. The number of piperazine rings is 1. The Morgan fingerprint density at radius 3 is 2.45 bits per heavy atom. The first-order valence-corrected chi connectivity index (χ1v) is 7.14. The van der Waals surface area contributed by atoms with Crippen molar-refractivity contribution in [2.45, 2.75) is 39.1 Å². The summed E-state index contributed by atoms with van der Waals surface area (Å²) in [4.78, 5) is 14.7. The Morgan fingerprint density at radius 1 is 1.32 bits per heavy atom. The van der Waals surface area contributed by atoms with E-state index in [9.17, 15) is 18.7 Å². The fourth-order valence-corrected chi connectivity index (χ4v) is 3.02. The summed E-state index contributed by atoms with van der Waals surface area (Å²) >= 11 is 0. The highest BCUT2D eigenvalue weighted by Crippen LogP contribution is 2.24. The summed E-state index contributed by atoms with van der Waals surface area (Å²) in [6, 6.07) is 6.38. The molecule has 0 saturated carbocycles. The van der Waals surface area contributed by atoms with Crippen LogP contribution in [-0.4, -0.2) is 52.8 Å². The van der Waals surface area contributed by atoms with Crippen LogP contribution < -0.4 is 4.74 Å². The largest absolute Gasteiger partial charge is 0.465 e. The number of halogens is 2. The van der Waals surface area contributed by atoms with E-state index in [1.165, 1.54) is 11.0 Å². The molecule has 5 nitrogen and oxygen atoms in total. The minimum atomic E-state index is -2.86. The van der Waals surface area contributed by atoms with Crippen molar-refractivity contribution >= 4 is 6.09 Å². The molecule has 7 heteroatoms. The van der Waals surface area contributed by atoms with Gasteiger partial charge in [-0.1, -0.05) is 18.2 Å². The Hall–Kier alpha value is -1.89. The number of amides is 1. The molecule has 2 atom stereocenters. The number of alkyl halides is 2. The van der Waals surface area contributed by atoms with E-state index in [-0.39, 0.29) is 17.8 Å². The molecule has 2 unspecified atom stereocenters. The average Bonchev–Trinajstić information content (AvgIpc) is 2.39. The molecular weight excluding hydrogens is 294 g/mol. The van der Waals surface area contributed by atoms with Crippen LogP contribution in [0.25, 0.3) is 0 Å². The standard InChI is InChI=1S/C15H20F2N2O3/c1-10-7-18(8-11(2)19(10)15(20)21)9-12-5-3-4-6-13(12)22-14(16)17/h3-6,10-11,14H,7-9H2,1-2H3,(H,20,21). The van der Waals surface area contributed by atoms with Crippen LogP contribution in [-0.2, 0) is 6.54 Å². The third-order valence-electron chi connectivity index (χ3n) is 3.80. The highest BCUT2D eigenvalue weighted by Gasteiger charge is 2.32. The fraction of sp³-hybridized carbons (Fsp3) is 0.533. The Balaban J connectivity index is 2.08. The third kappa shape index (κ3) is 3.85. The monoisotopic (exact) mass is 314 g/mol. The van der Waals surface area contributed by atoms with Crippen LogP contribution in [0.2, 0.25) is 0 Å². The minimum absolute atomic E-state index is 0.149. The number of carboxylic acid groups (broad SMARTS) is 1. The zero-order valence-electron chi connectivity index (χ0n) is 12.6. The lowest BCUT2D eigenvalue weighted by molar-refractivity contribution is -0.0511. The molecule has 1 aromatic rings. The van der Waals surface area contributed by atoms with Crippen molar-refractivity contribution in [1.29, 1.82) is 0 Å². The summed E-state index contributed by atoms with van der Waals surface area (Å²) < 4.78 is 29.4. The van der Waals surface area contributed by atoms with Crippen LogP contribution in [0.3, 0.4) is 0 Å². The van der Waals surface area contributed by atoms with Crippen molar-refractivity contribution in [2.24, 2.45) is 0 Å². The summed E-state index contributed by atoms with van der Waals surface area (Å²) in [7, 11) is 0. The second-order valence-corrected chi connectivity index (χ2v) is 5.57. The van der Waals surface area contributed by atoms with E-state index >= 15 is 0 Å². The van der Waals surface area contributed by atoms with Gasteiger partial charge >= 0.3 is 12.7 Å². The van der Waals surface area contributed by atoms with Gasteiger partial charge in [0.2, 0.25) is 0 Å². The van der Waals surface area contributed by atoms with Gasteiger partial charge in [-0.3, -0.25) is 4.90 Å². The van der Waals surface area contributed by atoms with Crippen molar-refractivity contribution in [1.82, 2.24) is 9.80 Å². The zero-order chi connectivity index (χ0) is 16.3. The molecule has 122 valence electrons. The molecule has 1 saturated heterocycles. The van der Waals surface area contributed by atoms with Crippen molar-refractivity contribution in [3.05, 3.63) is 29.8 Å². The van der Waals surface area contributed by atoms with E-state index < -0.39 is 12.7 Å². The summed E-state index contributed by atoms with van der Waals surface area (Å²) in [6.07, 6.45) is -0.930. The number of hydrogen-bond acceptors (Lipinski definition) is 3. The number of hydrogen-bond donors (Lipinski definition) is 1. The van der Waals surface area contributed by atoms with Crippen molar-refractivity contribution in [3.8, 4) is 5.75 Å². The molecule has 0 bridgehead atoms. The Labute approximate surface area is 128 Å². The molecule has 1 aromatic carbocycles. The topological polar surface area (TPSA) is 53.0 Å². The fourth-order valence-electron chi connectivity index (χ4n) is 3.02. The van der Waals surface area contributed by atoms with Crippen LogP contribution in [0, 0.1) is 0 Å². The van der Waals surface area contributed by atoms with E-state index in [2.05, 4.69) is 9.64 Å². The summed E-state index contributed by atoms with van der Waals surface area (Å²) in [5, 5.41) is 9.20. The Bertz CT molecular complexity index is 515. The maximum atomic E-state index is 12.4. The molecule has 2 rings (SSSR count). The normalized spacial score (nSPS) is 22.9. The average molecular weight is 314 g/mol.